The first kappa shape index (κ1) is 17.5. The Hall–Kier alpha value is -1.81. The zero-order valence-electron chi connectivity index (χ0n) is 14.8. The van der Waals surface area contributed by atoms with Crippen LogP contribution in [0.1, 0.15) is 33.6 Å². The number of methoxy groups -OCH3 is 1. The molecule has 1 heterocycles. The fourth-order valence-corrected chi connectivity index (χ4v) is 3.04. The van der Waals surface area contributed by atoms with Gasteiger partial charge in [-0.1, -0.05) is 26.3 Å². The first-order valence-corrected chi connectivity index (χ1v) is 8.60. The SMILES string of the molecule is CCC[C@@H](C)N(CC)CCNc1cc(OC)cc2cccnc12. The molecule has 2 aromatic rings. The predicted molar refractivity (Wildman–Crippen MR) is 98.4 cm³/mol. The summed E-state index contributed by atoms with van der Waals surface area (Å²) in [7, 11) is 1.70. The number of aromatic nitrogens is 1. The number of ether oxygens (including phenoxy) is 1. The van der Waals surface area contributed by atoms with Crippen molar-refractivity contribution in [3.05, 3.63) is 30.5 Å². The van der Waals surface area contributed by atoms with Crippen molar-refractivity contribution in [3.8, 4) is 5.75 Å². The third kappa shape index (κ3) is 4.58. The van der Waals surface area contributed by atoms with Gasteiger partial charge in [0.1, 0.15) is 5.75 Å². The fraction of sp³-hybridized carbons (Fsp3) is 0.526. The van der Waals surface area contributed by atoms with E-state index in [0.29, 0.717) is 6.04 Å². The molecule has 0 bridgehead atoms. The van der Waals surface area contributed by atoms with Gasteiger partial charge in [0.2, 0.25) is 0 Å². The third-order valence-electron chi connectivity index (χ3n) is 4.36. The van der Waals surface area contributed by atoms with Gasteiger partial charge >= 0.3 is 0 Å². The van der Waals surface area contributed by atoms with Crippen LogP contribution < -0.4 is 10.1 Å². The summed E-state index contributed by atoms with van der Waals surface area (Å²) in [5, 5.41) is 4.64. The highest BCUT2D eigenvalue weighted by atomic mass is 16.5. The Morgan fingerprint density at radius 1 is 1.30 bits per heavy atom. The van der Waals surface area contributed by atoms with Crippen LogP contribution in [-0.4, -0.2) is 42.7 Å². The number of benzene rings is 1. The number of rotatable bonds is 9. The van der Waals surface area contributed by atoms with Crippen LogP contribution in [0.3, 0.4) is 0 Å². The number of pyridine rings is 1. The highest BCUT2D eigenvalue weighted by Crippen LogP contribution is 2.27. The van der Waals surface area contributed by atoms with Gasteiger partial charge in [-0.3, -0.25) is 9.88 Å². The van der Waals surface area contributed by atoms with E-state index in [-0.39, 0.29) is 0 Å². The van der Waals surface area contributed by atoms with Crippen molar-refractivity contribution >= 4 is 16.6 Å². The Kier molecular flexibility index (Phi) is 6.66. The van der Waals surface area contributed by atoms with Crippen molar-refractivity contribution < 1.29 is 4.74 Å². The zero-order chi connectivity index (χ0) is 16.7. The van der Waals surface area contributed by atoms with Crippen LogP contribution in [0.25, 0.3) is 10.9 Å². The maximum atomic E-state index is 5.40. The molecule has 0 aliphatic carbocycles. The highest BCUT2D eigenvalue weighted by Gasteiger charge is 2.11. The second-order valence-electron chi connectivity index (χ2n) is 5.94. The average molecular weight is 315 g/mol. The Morgan fingerprint density at radius 3 is 2.83 bits per heavy atom. The van der Waals surface area contributed by atoms with Gasteiger partial charge in [0.05, 0.1) is 18.3 Å². The molecule has 1 N–H and O–H groups in total. The molecule has 0 unspecified atom stereocenters. The van der Waals surface area contributed by atoms with Crippen LogP contribution in [0.2, 0.25) is 0 Å². The second-order valence-corrected chi connectivity index (χ2v) is 5.94. The van der Waals surface area contributed by atoms with E-state index >= 15 is 0 Å². The van der Waals surface area contributed by atoms with E-state index in [1.807, 2.05) is 24.4 Å². The largest absolute Gasteiger partial charge is 0.497 e. The molecule has 126 valence electrons. The summed E-state index contributed by atoms with van der Waals surface area (Å²) >= 11 is 0. The molecule has 4 nitrogen and oxygen atoms in total. The molecule has 0 aliphatic rings. The predicted octanol–water partition coefficient (Wildman–Crippen LogP) is 4.17. The van der Waals surface area contributed by atoms with Crippen LogP contribution in [0.4, 0.5) is 5.69 Å². The fourth-order valence-electron chi connectivity index (χ4n) is 3.04. The quantitative estimate of drug-likeness (QED) is 0.754. The maximum absolute atomic E-state index is 5.40. The van der Waals surface area contributed by atoms with Crippen molar-refractivity contribution in [2.75, 3.05) is 32.1 Å². The first-order valence-electron chi connectivity index (χ1n) is 8.60. The van der Waals surface area contributed by atoms with Crippen molar-refractivity contribution in [1.29, 1.82) is 0 Å². The minimum Gasteiger partial charge on any atom is -0.497 e. The number of nitrogens with zero attached hydrogens (tertiary/aromatic N) is 2. The summed E-state index contributed by atoms with van der Waals surface area (Å²) in [6.45, 7) is 9.81. The molecule has 4 heteroatoms. The van der Waals surface area contributed by atoms with Gasteiger partial charge in [0.15, 0.2) is 0 Å². The molecular weight excluding hydrogens is 286 g/mol. The minimum atomic E-state index is 0.631. The van der Waals surface area contributed by atoms with Gasteiger partial charge in [-0.15, -0.1) is 0 Å². The van der Waals surface area contributed by atoms with E-state index in [2.05, 4.69) is 42.0 Å². The molecule has 0 saturated heterocycles. The lowest BCUT2D eigenvalue weighted by molar-refractivity contribution is 0.217. The number of anilines is 1. The van der Waals surface area contributed by atoms with Crippen LogP contribution in [0.15, 0.2) is 30.5 Å². The summed E-state index contributed by atoms with van der Waals surface area (Å²) < 4.78 is 5.40. The van der Waals surface area contributed by atoms with Crippen LogP contribution >= 0.6 is 0 Å². The van der Waals surface area contributed by atoms with Gasteiger partial charge in [0.25, 0.3) is 0 Å². The van der Waals surface area contributed by atoms with E-state index < -0.39 is 0 Å². The lowest BCUT2D eigenvalue weighted by Gasteiger charge is -2.27. The van der Waals surface area contributed by atoms with E-state index in [4.69, 9.17) is 4.74 Å². The van der Waals surface area contributed by atoms with Gasteiger partial charge in [-0.05, 0) is 32.0 Å². The summed E-state index contributed by atoms with van der Waals surface area (Å²) in [4.78, 5) is 7.03. The van der Waals surface area contributed by atoms with Crippen molar-refractivity contribution in [2.24, 2.45) is 0 Å². The topological polar surface area (TPSA) is 37.4 Å². The molecule has 1 aromatic heterocycles. The monoisotopic (exact) mass is 315 g/mol. The highest BCUT2D eigenvalue weighted by molar-refractivity contribution is 5.91. The van der Waals surface area contributed by atoms with Gasteiger partial charge < -0.3 is 10.1 Å². The molecule has 23 heavy (non-hydrogen) atoms. The standard InChI is InChI=1S/C19H29N3O/c1-5-8-15(3)22(6-2)12-11-20-18-14-17(23-4)13-16-9-7-10-21-19(16)18/h7,9-10,13-15,20H,5-6,8,11-12H2,1-4H3/t15-/m1/s1. The van der Waals surface area contributed by atoms with E-state index in [0.717, 1.165) is 42.0 Å². The van der Waals surface area contributed by atoms with Crippen molar-refractivity contribution in [1.82, 2.24) is 9.88 Å². The smallest absolute Gasteiger partial charge is 0.121 e. The molecular formula is C19H29N3O. The maximum Gasteiger partial charge on any atom is 0.121 e. The number of fused-ring (bicyclic) bond motifs is 1. The van der Waals surface area contributed by atoms with Gasteiger partial charge in [0, 0.05) is 36.8 Å². The average Bonchev–Trinajstić information content (AvgIpc) is 2.58. The second kappa shape index (κ2) is 8.73. The molecule has 0 saturated carbocycles. The Morgan fingerprint density at radius 2 is 2.13 bits per heavy atom. The Labute approximate surface area is 139 Å². The number of hydrogen-bond donors (Lipinski definition) is 1. The van der Waals surface area contributed by atoms with Crippen LogP contribution in [0.5, 0.6) is 5.75 Å². The molecule has 1 atom stereocenters. The number of nitrogens with one attached hydrogen (secondary N) is 1. The van der Waals surface area contributed by atoms with Crippen LogP contribution in [0, 0.1) is 0 Å². The lowest BCUT2D eigenvalue weighted by Crippen LogP contribution is -2.36. The number of likely N-dealkylation sites (N-methyl/N-ethyl adjacent to an activating group) is 1. The molecule has 0 fully saturated rings. The van der Waals surface area contributed by atoms with Crippen LogP contribution in [-0.2, 0) is 0 Å². The summed E-state index contributed by atoms with van der Waals surface area (Å²) in [5.74, 6) is 0.861. The minimum absolute atomic E-state index is 0.631. The summed E-state index contributed by atoms with van der Waals surface area (Å²) in [6.07, 6.45) is 4.31. The Bertz CT molecular complexity index is 615. The third-order valence-corrected chi connectivity index (χ3v) is 4.36. The summed E-state index contributed by atoms with van der Waals surface area (Å²) in [5.41, 5.74) is 2.04. The van der Waals surface area contributed by atoms with Gasteiger partial charge in [-0.25, -0.2) is 0 Å². The molecule has 0 radical (unpaired) electrons. The van der Waals surface area contributed by atoms with Crippen molar-refractivity contribution in [3.63, 3.8) is 0 Å². The van der Waals surface area contributed by atoms with E-state index in [9.17, 15) is 0 Å². The van der Waals surface area contributed by atoms with E-state index in [1.54, 1.807) is 7.11 Å². The molecule has 2 rings (SSSR count). The van der Waals surface area contributed by atoms with Gasteiger partial charge in [-0.2, -0.15) is 0 Å². The molecule has 1 aromatic carbocycles. The number of hydrogen-bond acceptors (Lipinski definition) is 4. The first-order chi connectivity index (χ1) is 11.2. The molecule has 0 amide bonds. The lowest BCUT2D eigenvalue weighted by atomic mass is 10.1. The Balaban J connectivity index is 2.06. The molecule has 0 spiro atoms. The normalized spacial score (nSPS) is 12.6. The van der Waals surface area contributed by atoms with Crippen molar-refractivity contribution in [2.45, 2.75) is 39.7 Å². The summed E-state index contributed by atoms with van der Waals surface area (Å²) in [6, 6.07) is 8.71. The van der Waals surface area contributed by atoms with E-state index in [1.165, 1.54) is 12.8 Å². The zero-order valence-corrected chi connectivity index (χ0v) is 14.8. The molecule has 0 aliphatic heterocycles.